The summed E-state index contributed by atoms with van der Waals surface area (Å²) in [6.07, 6.45) is 2.41. The molecule has 1 aromatic carbocycles. The molecule has 1 aromatic rings. The van der Waals surface area contributed by atoms with Crippen molar-refractivity contribution in [1.29, 1.82) is 0 Å². The Kier molecular flexibility index (Phi) is 8.05. The van der Waals surface area contributed by atoms with Crippen LogP contribution < -0.4 is 10.6 Å². The van der Waals surface area contributed by atoms with E-state index >= 15 is 0 Å². The number of carbonyl (C=O) groups excluding carboxylic acids is 2. The van der Waals surface area contributed by atoms with Gasteiger partial charge in [-0.1, -0.05) is 19.9 Å². The minimum atomic E-state index is -0.527. The average Bonchev–Trinajstić information content (AvgIpc) is 2.48. The Balaban J connectivity index is 2.48. The minimum Gasteiger partial charge on any atom is -0.368 e. The normalized spacial score (nSPS) is 11.8. The molecule has 0 aliphatic carbocycles. The van der Waals surface area contributed by atoms with Gasteiger partial charge in [-0.15, -0.1) is 6.58 Å². The average molecular weight is 318 g/mol. The summed E-state index contributed by atoms with van der Waals surface area (Å²) in [6.45, 7) is 9.78. The molecule has 0 aliphatic heterocycles. The summed E-state index contributed by atoms with van der Waals surface area (Å²) in [5.74, 6) is 0.0998. The molecule has 0 fully saturated rings. The van der Waals surface area contributed by atoms with E-state index < -0.39 is 6.10 Å². The van der Waals surface area contributed by atoms with E-state index in [2.05, 4.69) is 17.2 Å². The molecule has 0 aliphatic rings. The molecule has 2 amide bonds. The minimum absolute atomic E-state index is 0.0129. The Hall–Kier alpha value is -2.14. The topological polar surface area (TPSA) is 67.4 Å². The van der Waals surface area contributed by atoms with Gasteiger partial charge in [0, 0.05) is 17.8 Å². The summed E-state index contributed by atoms with van der Waals surface area (Å²) in [5, 5.41) is 5.60. The number of rotatable bonds is 9. The van der Waals surface area contributed by atoms with Gasteiger partial charge in [0.1, 0.15) is 6.10 Å². The van der Waals surface area contributed by atoms with E-state index in [1.807, 2.05) is 13.8 Å². The third kappa shape index (κ3) is 7.61. The van der Waals surface area contributed by atoms with Crippen molar-refractivity contribution in [2.24, 2.45) is 5.92 Å². The van der Waals surface area contributed by atoms with Gasteiger partial charge in [-0.2, -0.15) is 0 Å². The van der Waals surface area contributed by atoms with Crippen molar-refractivity contribution >= 4 is 23.2 Å². The quantitative estimate of drug-likeness (QED) is 0.540. The van der Waals surface area contributed by atoms with Crippen LogP contribution in [-0.2, 0) is 14.3 Å². The molecule has 0 heterocycles. The highest BCUT2D eigenvalue weighted by Gasteiger charge is 2.13. The van der Waals surface area contributed by atoms with Crippen LogP contribution in [0.25, 0.3) is 0 Å². The highest BCUT2D eigenvalue weighted by Crippen LogP contribution is 2.15. The molecule has 0 unspecified atom stereocenters. The molecule has 0 radical (unpaired) electrons. The lowest BCUT2D eigenvalue weighted by Crippen LogP contribution is -2.28. The molecule has 1 atom stereocenters. The number of carbonyl (C=O) groups is 2. The number of benzene rings is 1. The SMILES string of the molecule is C=CCCO[C@H](C)C(=O)Nc1ccc(NC(=O)CC(C)C)cc1. The van der Waals surface area contributed by atoms with E-state index in [0.717, 1.165) is 0 Å². The van der Waals surface area contributed by atoms with Crippen LogP contribution in [0.2, 0.25) is 0 Å². The molecule has 5 heteroatoms. The number of hydrogen-bond acceptors (Lipinski definition) is 3. The molecule has 5 nitrogen and oxygen atoms in total. The Labute approximate surface area is 138 Å². The second-order valence-electron chi connectivity index (χ2n) is 5.80. The van der Waals surface area contributed by atoms with Crippen molar-refractivity contribution < 1.29 is 14.3 Å². The molecule has 2 N–H and O–H groups in total. The lowest BCUT2D eigenvalue weighted by Gasteiger charge is -2.13. The zero-order chi connectivity index (χ0) is 17.2. The maximum atomic E-state index is 12.0. The van der Waals surface area contributed by atoms with Crippen molar-refractivity contribution in [2.45, 2.75) is 39.7 Å². The van der Waals surface area contributed by atoms with Crippen LogP contribution in [0.4, 0.5) is 11.4 Å². The molecule has 0 saturated carbocycles. The van der Waals surface area contributed by atoms with Gasteiger partial charge in [-0.3, -0.25) is 9.59 Å². The summed E-state index contributed by atoms with van der Waals surface area (Å²) < 4.78 is 5.39. The highest BCUT2D eigenvalue weighted by molar-refractivity contribution is 5.94. The molecule has 0 saturated heterocycles. The van der Waals surface area contributed by atoms with Gasteiger partial charge < -0.3 is 15.4 Å². The second kappa shape index (κ2) is 9.79. The van der Waals surface area contributed by atoms with Crippen LogP contribution in [0.15, 0.2) is 36.9 Å². The third-order valence-corrected chi connectivity index (χ3v) is 3.09. The number of amides is 2. The first-order valence-corrected chi connectivity index (χ1v) is 7.85. The van der Waals surface area contributed by atoms with Crippen LogP contribution in [0, 0.1) is 5.92 Å². The van der Waals surface area contributed by atoms with Gasteiger partial charge in [0.15, 0.2) is 0 Å². The largest absolute Gasteiger partial charge is 0.368 e. The smallest absolute Gasteiger partial charge is 0.253 e. The van der Waals surface area contributed by atoms with Gasteiger partial charge in [0.2, 0.25) is 5.91 Å². The van der Waals surface area contributed by atoms with E-state index in [9.17, 15) is 9.59 Å². The number of nitrogens with one attached hydrogen (secondary N) is 2. The molecule has 0 bridgehead atoms. The van der Waals surface area contributed by atoms with Gasteiger partial charge >= 0.3 is 0 Å². The van der Waals surface area contributed by atoms with Gasteiger partial charge in [-0.25, -0.2) is 0 Å². The molecule has 0 aromatic heterocycles. The summed E-state index contributed by atoms with van der Waals surface area (Å²) in [4.78, 5) is 23.7. The fourth-order valence-electron chi connectivity index (χ4n) is 1.87. The van der Waals surface area contributed by atoms with E-state index in [0.29, 0.717) is 36.7 Å². The molecule has 23 heavy (non-hydrogen) atoms. The third-order valence-electron chi connectivity index (χ3n) is 3.09. The van der Waals surface area contributed by atoms with E-state index in [4.69, 9.17) is 4.74 Å². The van der Waals surface area contributed by atoms with Crippen molar-refractivity contribution in [3.8, 4) is 0 Å². The first-order valence-electron chi connectivity index (χ1n) is 7.85. The first kappa shape index (κ1) is 18.9. The number of ether oxygens (including phenoxy) is 1. The van der Waals surface area contributed by atoms with Gasteiger partial charge in [-0.05, 0) is 43.5 Å². The second-order valence-corrected chi connectivity index (χ2v) is 5.80. The maximum Gasteiger partial charge on any atom is 0.253 e. The molecular weight excluding hydrogens is 292 g/mol. The Morgan fingerprint density at radius 3 is 2.22 bits per heavy atom. The fourth-order valence-corrected chi connectivity index (χ4v) is 1.87. The molecular formula is C18H26N2O3. The van der Waals surface area contributed by atoms with E-state index in [1.54, 1.807) is 37.3 Å². The van der Waals surface area contributed by atoms with Crippen molar-refractivity contribution in [2.75, 3.05) is 17.2 Å². The number of anilines is 2. The Morgan fingerprint density at radius 2 is 1.70 bits per heavy atom. The zero-order valence-corrected chi connectivity index (χ0v) is 14.1. The van der Waals surface area contributed by atoms with Crippen molar-refractivity contribution in [1.82, 2.24) is 0 Å². The molecule has 1 rings (SSSR count). The number of hydrogen-bond donors (Lipinski definition) is 2. The summed E-state index contributed by atoms with van der Waals surface area (Å²) in [7, 11) is 0. The lowest BCUT2D eigenvalue weighted by atomic mass is 10.1. The van der Waals surface area contributed by atoms with E-state index in [1.165, 1.54) is 0 Å². The van der Waals surface area contributed by atoms with E-state index in [-0.39, 0.29) is 11.8 Å². The van der Waals surface area contributed by atoms with Crippen LogP contribution in [-0.4, -0.2) is 24.5 Å². The van der Waals surface area contributed by atoms with Crippen LogP contribution >= 0.6 is 0 Å². The van der Waals surface area contributed by atoms with Gasteiger partial charge in [0.25, 0.3) is 5.91 Å². The standard InChI is InChI=1S/C18H26N2O3/c1-5-6-11-23-14(4)18(22)20-16-9-7-15(8-10-16)19-17(21)12-13(2)3/h5,7-10,13-14H,1,6,11-12H2,2-4H3,(H,19,21)(H,20,22)/t14-/m1/s1. The first-order chi connectivity index (χ1) is 10.9. The highest BCUT2D eigenvalue weighted by atomic mass is 16.5. The summed E-state index contributed by atoms with van der Waals surface area (Å²) >= 11 is 0. The fraction of sp³-hybridized carbons (Fsp3) is 0.444. The van der Waals surface area contributed by atoms with Crippen molar-refractivity contribution in [3.63, 3.8) is 0 Å². The maximum absolute atomic E-state index is 12.0. The predicted octanol–water partition coefficient (Wildman–Crippen LogP) is 3.59. The Bertz CT molecular complexity index is 524. The summed E-state index contributed by atoms with van der Waals surface area (Å²) in [5.41, 5.74) is 1.37. The molecule has 0 spiro atoms. The monoisotopic (exact) mass is 318 g/mol. The van der Waals surface area contributed by atoms with Crippen molar-refractivity contribution in [3.05, 3.63) is 36.9 Å². The van der Waals surface area contributed by atoms with Crippen LogP contribution in [0.1, 0.15) is 33.6 Å². The predicted molar refractivity (Wildman–Crippen MR) is 93.4 cm³/mol. The van der Waals surface area contributed by atoms with Crippen LogP contribution in [0.3, 0.4) is 0 Å². The van der Waals surface area contributed by atoms with Crippen LogP contribution in [0.5, 0.6) is 0 Å². The summed E-state index contributed by atoms with van der Waals surface area (Å²) in [6, 6.07) is 7.02. The zero-order valence-electron chi connectivity index (χ0n) is 14.1. The molecule has 126 valence electrons. The Morgan fingerprint density at radius 1 is 1.13 bits per heavy atom. The lowest BCUT2D eigenvalue weighted by molar-refractivity contribution is -0.126. The van der Waals surface area contributed by atoms with Gasteiger partial charge in [0.05, 0.1) is 6.61 Å².